The minimum atomic E-state index is -1.00. The highest BCUT2D eigenvalue weighted by atomic mass is 35.5. The Balaban J connectivity index is 2.26. The second kappa shape index (κ2) is 9.25. The summed E-state index contributed by atoms with van der Waals surface area (Å²) in [4.78, 5) is 24.5. The van der Waals surface area contributed by atoms with E-state index in [1.165, 1.54) is 6.07 Å². The van der Waals surface area contributed by atoms with Crippen LogP contribution in [0.1, 0.15) is 52.2 Å². The molecule has 0 fully saturated rings. The van der Waals surface area contributed by atoms with Crippen molar-refractivity contribution in [2.75, 3.05) is 13.2 Å². The molecule has 0 unspecified atom stereocenters. The summed E-state index contributed by atoms with van der Waals surface area (Å²) in [6.07, 6.45) is 1.54. The number of fused-ring (bicyclic) bond motifs is 1. The van der Waals surface area contributed by atoms with Crippen molar-refractivity contribution in [3.05, 3.63) is 69.9 Å². The molecule has 0 radical (unpaired) electrons. The van der Waals surface area contributed by atoms with E-state index in [9.17, 15) is 14.7 Å². The van der Waals surface area contributed by atoms with Crippen molar-refractivity contribution in [2.24, 2.45) is 0 Å². The van der Waals surface area contributed by atoms with E-state index < -0.39 is 5.97 Å². The maximum atomic E-state index is 13.0. The molecule has 0 spiro atoms. The minimum absolute atomic E-state index is 0.000890. The van der Waals surface area contributed by atoms with Crippen LogP contribution in [-0.2, 0) is 17.7 Å². The number of Topliss-reactive ketones (excluding diaryl/α,β-unsaturated/α-hetero) is 1. The maximum absolute atomic E-state index is 13.0. The number of carbonyl (C=O) groups is 2. The highest BCUT2D eigenvalue weighted by Crippen LogP contribution is 2.31. The van der Waals surface area contributed by atoms with Crippen LogP contribution in [0.5, 0.6) is 0 Å². The van der Waals surface area contributed by atoms with Crippen LogP contribution in [0.4, 0.5) is 0 Å². The molecule has 0 aliphatic carbocycles. The van der Waals surface area contributed by atoms with Crippen LogP contribution in [0.3, 0.4) is 0 Å². The molecule has 0 aliphatic heterocycles. The molecule has 0 saturated heterocycles. The number of carbonyl (C=O) groups excluding carboxylic acids is 1. The van der Waals surface area contributed by atoms with Gasteiger partial charge in [-0.05, 0) is 37.1 Å². The minimum Gasteiger partial charge on any atom is -0.478 e. The molecule has 0 atom stereocenters. The Labute approximate surface area is 174 Å². The second-order valence-corrected chi connectivity index (χ2v) is 7.25. The molecule has 2 aromatic carbocycles. The zero-order chi connectivity index (χ0) is 21.0. The standard InChI is InChI=1S/C23H24ClNO4/c1-3-7-19-22(21(26)14-29-4-2)17-11-10-15(23(27)28)12-20(17)25(19)13-16-8-5-6-9-18(16)24/h5-6,8-12H,3-4,7,13-14H2,1-2H3,(H,27,28). The number of carboxylic acids is 1. The van der Waals surface area contributed by atoms with Crippen molar-refractivity contribution in [3.63, 3.8) is 0 Å². The van der Waals surface area contributed by atoms with Gasteiger partial charge in [-0.15, -0.1) is 0 Å². The van der Waals surface area contributed by atoms with Crippen LogP contribution < -0.4 is 0 Å². The molecule has 1 aromatic heterocycles. The maximum Gasteiger partial charge on any atom is 0.335 e. The van der Waals surface area contributed by atoms with Gasteiger partial charge < -0.3 is 14.4 Å². The number of ether oxygens (including phenoxy) is 1. The van der Waals surface area contributed by atoms with Crippen LogP contribution in [0.25, 0.3) is 10.9 Å². The van der Waals surface area contributed by atoms with Gasteiger partial charge in [0, 0.05) is 34.8 Å². The summed E-state index contributed by atoms with van der Waals surface area (Å²) in [5.41, 5.74) is 3.30. The summed E-state index contributed by atoms with van der Waals surface area (Å²) >= 11 is 6.38. The summed E-state index contributed by atoms with van der Waals surface area (Å²) in [6.45, 7) is 4.81. The van der Waals surface area contributed by atoms with Gasteiger partial charge in [-0.2, -0.15) is 0 Å². The Morgan fingerprint density at radius 3 is 2.55 bits per heavy atom. The molecule has 5 nitrogen and oxygen atoms in total. The van der Waals surface area contributed by atoms with Crippen LogP contribution in [-0.4, -0.2) is 34.6 Å². The van der Waals surface area contributed by atoms with E-state index in [1.807, 2.05) is 35.8 Å². The van der Waals surface area contributed by atoms with Crippen molar-refractivity contribution in [1.82, 2.24) is 4.57 Å². The molecular formula is C23H24ClNO4. The highest BCUT2D eigenvalue weighted by Gasteiger charge is 2.23. The zero-order valence-corrected chi connectivity index (χ0v) is 17.3. The summed E-state index contributed by atoms with van der Waals surface area (Å²) in [5.74, 6) is -1.10. The fraction of sp³-hybridized carbons (Fsp3) is 0.304. The Morgan fingerprint density at radius 1 is 1.14 bits per heavy atom. The van der Waals surface area contributed by atoms with Crippen molar-refractivity contribution in [1.29, 1.82) is 0 Å². The van der Waals surface area contributed by atoms with Gasteiger partial charge in [0.25, 0.3) is 0 Å². The summed E-state index contributed by atoms with van der Waals surface area (Å²) in [6, 6.07) is 12.4. The molecule has 1 heterocycles. The topological polar surface area (TPSA) is 68.5 Å². The van der Waals surface area contributed by atoms with Crippen LogP contribution in [0.2, 0.25) is 5.02 Å². The van der Waals surface area contributed by atoms with Gasteiger partial charge in [0.2, 0.25) is 0 Å². The third kappa shape index (κ3) is 4.36. The monoisotopic (exact) mass is 413 g/mol. The van der Waals surface area contributed by atoms with E-state index in [2.05, 4.69) is 6.92 Å². The molecule has 3 aromatic rings. The number of nitrogens with zero attached hydrogens (tertiary/aromatic N) is 1. The van der Waals surface area contributed by atoms with E-state index >= 15 is 0 Å². The number of carboxylic acid groups (broad SMARTS) is 1. The van der Waals surface area contributed by atoms with E-state index in [-0.39, 0.29) is 18.0 Å². The first-order valence-corrected chi connectivity index (χ1v) is 10.1. The first-order valence-electron chi connectivity index (χ1n) is 9.70. The fourth-order valence-corrected chi connectivity index (χ4v) is 3.78. The first kappa shape index (κ1) is 21.1. The third-order valence-corrected chi connectivity index (χ3v) is 5.28. The molecule has 3 rings (SSSR count). The molecule has 0 amide bonds. The fourth-order valence-electron chi connectivity index (χ4n) is 3.59. The van der Waals surface area contributed by atoms with Gasteiger partial charge in [0.15, 0.2) is 5.78 Å². The second-order valence-electron chi connectivity index (χ2n) is 6.85. The van der Waals surface area contributed by atoms with Gasteiger partial charge in [-0.25, -0.2) is 4.79 Å². The average Bonchev–Trinajstić information content (AvgIpc) is 3.00. The Morgan fingerprint density at radius 2 is 1.90 bits per heavy atom. The lowest BCUT2D eigenvalue weighted by atomic mass is 10.0. The number of aromatic nitrogens is 1. The smallest absolute Gasteiger partial charge is 0.335 e. The molecular weight excluding hydrogens is 390 g/mol. The SMILES string of the molecule is CCCc1c(C(=O)COCC)c2ccc(C(=O)O)cc2n1Cc1ccccc1Cl. The Hall–Kier alpha value is -2.63. The first-order chi connectivity index (χ1) is 14.0. The van der Waals surface area contributed by atoms with E-state index in [0.29, 0.717) is 35.7 Å². The Kier molecular flexibility index (Phi) is 6.72. The molecule has 0 saturated carbocycles. The number of ketones is 1. The zero-order valence-electron chi connectivity index (χ0n) is 16.6. The summed E-state index contributed by atoms with van der Waals surface area (Å²) < 4.78 is 7.39. The van der Waals surface area contributed by atoms with E-state index in [4.69, 9.17) is 16.3 Å². The van der Waals surface area contributed by atoms with Gasteiger partial charge in [0.1, 0.15) is 6.61 Å². The van der Waals surface area contributed by atoms with Gasteiger partial charge in [0.05, 0.1) is 11.1 Å². The third-order valence-electron chi connectivity index (χ3n) is 4.91. The summed E-state index contributed by atoms with van der Waals surface area (Å²) in [5, 5.41) is 10.8. The summed E-state index contributed by atoms with van der Waals surface area (Å²) in [7, 11) is 0. The molecule has 0 bridgehead atoms. The lowest BCUT2D eigenvalue weighted by molar-refractivity contribution is 0.0696. The molecule has 0 aliphatic rings. The molecule has 152 valence electrons. The van der Waals surface area contributed by atoms with E-state index in [1.54, 1.807) is 12.1 Å². The average molecular weight is 414 g/mol. The number of aromatic carboxylic acids is 1. The van der Waals surface area contributed by atoms with Crippen LogP contribution in [0.15, 0.2) is 42.5 Å². The molecule has 6 heteroatoms. The van der Waals surface area contributed by atoms with Gasteiger partial charge in [-0.3, -0.25) is 4.79 Å². The predicted octanol–water partition coefficient (Wildman–Crippen LogP) is 5.21. The van der Waals surface area contributed by atoms with E-state index in [0.717, 1.165) is 23.1 Å². The van der Waals surface area contributed by atoms with Crippen LogP contribution >= 0.6 is 11.6 Å². The normalized spacial score (nSPS) is 11.1. The van der Waals surface area contributed by atoms with Crippen molar-refractivity contribution >= 4 is 34.3 Å². The Bertz CT molecular complexity index is 1050. The highest BCUT2D eigenvalue weighted by molar-refractivity contribution is 6.31. The number of hydrogen-bond acceptors (Lipinski definition) is 3. The number of hydrogen-bond donors (Lipinski definition) is 1. The number of benzene rings is 2. The molecule has 1 N–H and O–H groups in total. The van der Waals surface area contributed by atoms with Gasteiger partial charge >= 0.3 is 5.97 Å². The largest absolute Gasteiger partial charge is 0.478 e. The van der Waals surface area contributed by atoms with Crippen LogP contribution in [0, 0.1) is 0 Å². The number of halogens is 1. The van der Waals surface area contributed by atoms with Crippen molar-refractivity contribution in [3.8, 4) is 0 Å². The van der Waals surface area contributed by atoms with Gasteiger partial charge in [-0.1, -0.05) is 49.2 Å². The quantitative estimate of drug-likeness (QED) is 0.489. The lowest BCUT2D eigenvalue weighted by Crippen LogP contribution is -2.13. The lowest BCUT2D eigenvalue weighted by Gasteiger charge is -2.13. The van der Waals surface area contributed by atoms with Crippen molar-refractivity contribution in [2.45, 2.75) is 33.2 Å². The predicted molar refractivity (Wildman–Crippen MR) is 114 cm³/mol. The number of rotatable bonds is 9. The molecule has 29 heavy (non-hydrogen) atoms. The van der Waals surface area contributed by atoms with Crippen molar-refractivity contribution < 1.29 is 19.4 Å².